The molecule has 5 heterocycles. The van der Waals surface area contributed by atoms with Gasteiger partial charge in [-0.15, -0.1) is 0 Å². The van der Waals surface area contributed by atoms with Crippen LogP contribution in [0.5, 0.6) is 0 Å². The summed E-state index contributed by atoms with van der Waals surface area (Å²) in [6, 6.07) is 41.8. The smallest absolute Gasteiger partial charge is 0.0738 e. The quantitative estimate of drug-likeness (QED) is 0.185. The first-order valence-corrected chi connectivity index (χ1v) is 19.8. The average Bonchev–Trinajstić information content (AvgIpc) is 3.99. The second kappa shape index (κ2) is 13.7. The van der Waals surface area contributed by atoms with Gasteiger partial charge in [-0.25, -0.2) is 9.97 Å². The Morgan fingerprint density at radius 1 is 0.308 bits per heavy atom. The molecule has 2 aliphatic rings. The molecule has 250 valence electrons. The van der Waals surface area contributed by atoms with Crippen molar-refractivity contribution in [3.05, 3.63) is 162 Å². The van der Waals surface area contributed by atoms with Crippen LogP contribution in [0, 0.1) is 0 Å². The second-order valence-corrected chi connectivity index (χ2v) is 15.8. The van der Waals surface area contributed by atoms with Crippen LogP contribution in [0.15, 0.2) is 139 Å². The molecule has 0 spiro atoms. The molecule has 0 unspecified atom stereocenters. The maximum atomic E-state index is 5.40. The highest BCUT2D eigenvalue weighted by molar-refractivity contribution is 9.11. The van der Waals surface area contributed by atoms with Crippen LogP contribution < -0.4 is 0 Å². The van der Waals surface area contributed by atoms with Crippen molar-refractivity contribution in [3.63, 3.8) is 0 Å². The van der Waals surface area contributed by atoms with Gasteiger partial charge >= 0.3 is 0 Å². The zero-order valence-electron chi connectivity index (χ0n) is 27.3. The van der Waals surface area contributed by atoms with Crippen molar-refractivity contribution < 1.29 is 0 Å². The largest absolute Gasteiger partial charge is 0.354 e. The molecular weight excluding hydrogens is 904 g/mol. The molecule has 9 rings (SSSR count). The van der Waals surface area contributed by atoms with Gasteiger partial charge in [0.1, 0.15) is 0 Å². The van der Waals surface area contributed by atoms with Crippen LogP contribution in [0.1, 0.15) is 22.8 Å². The fourth-order valence-corrected chi connectivity index (χ4v) is 9.81. The molecule has 8 bridgehead atoms. The Morgan fingerprint density at radius 2 is 0.615 bits per heavy atom. The van der Waals surface area contributed by atoms with E-state index in [2.05, 4.69) is 195 Å². The number of H-pyrrole nitrogens is 2. The molecule has 0 amide bonds. The topological polar surface area (TPSA) is 57.4 Å². The summed E-state index contributed by atoms with van der Waals surface area (Å²) < 4.78 is 3.85. The van der Waals surface area contributed by atoms with Gasteiger partial charge in [0.2, 0.25) is 0 Å². The summed E-state index contributed by atoms with van der Waals surface area (Å²) in [6.45, 7) is 0. The van der Waals surface area contributed by atoms with Crippen LogP contribution in [-0.4, -0.2) is 19.9 Å². The van der Waals surface area contributed by atoms with Gasteiger partial charge in [0.25, 0.3) is 0 Å². The summed E-state index contributed by atoms with van der Waals surface area (Å²) >= 11 is 15.5. The number of rotatable bonds is 4. The summed E-state index contributed by atoms with van der Waals surface area (Å²) in [5.74, 6) is 0. The molecule has 2 N–H and O–H groups in total. The fourth-order valence-electron chi connectivity index (χ4n) is 7.02. The average molecular weight is 930 g/mol. The Bertz CT molecular complexity index is 2550. The van der Waals surface area contributed by atoms with Crippen LogP contribution in [0.4, 0.5) is 0 Å². The number of halogens is 4. The summed E-state index contributed by atoms with van der Waals surface area (Å²) in [6.07, 6.45) is 8.46. The Labute approximate surface area is 334 Å². The van der Waals surface area contributed by atoms with E-state index in [1.54, 1.807) is 0 Å². The minimum absolute atomic E-state index is 0.850. The molecule has 0 atom stereocenters. The van der Waals surface area contributed by atoms with Gasteiger partial charge < -0.3 is 9.97 Å². The Morgan fingerprint density at radius 3 is 0.962 bits per heavy atom. The molecule has 2 aliphatic heterocycles. The van der Waals surface area contributed by atoms with E-state index in [9.17, 15) is 0 Å². The van der Waals surface area contributed by atoms with E-state index in [0.717, 1.165) is 107 Å². The van der Waals surface area contributed by atoms with E-state index in [1.807, 2.05) is 24.3 Å². The van der Waals surface area contributed by atoms with E-state index >= 15 is 0 Å². The molecule has 52 heavy (non-hydrogen) atoms. The molecule has 0 aliphatic carbocycles. The van der Waals surface area contributed by atoms with E-state index in [1.165, 1.54) is 0 Å². The molecular formula is C44H26Br4N4. The minimum Gasteiger partial charge on any atom is -0.354 e. The summed E-state index contributed by atoms with van der Waals surface area (Å²) in [7, 11) is 0. The lowest BCUT2D eigenvalue weighted by atomic mass is 10.0. The van der Waals surface area contributed by atoms with Crippen molar-refractivity contribution in [2.45, 2.75) is 0 Å². The third-order valence-corrected chi connectivity index (χ3v) is 11.9. The van der Waals surface area contributed by atoms with E-state index in [-0.39, 0.29) is 0 Å². The van der Waals surface area contributed by atoms with Crippen molar-refractivity contribution >= 4 is 110 Å². The SMILES string of the molecule is Brc1cccc(Br)c1-c1c2nc(c(-c3ccccc3)c3ccc([nH]3)c(-c3c(Br)cccc3Br)c3nc(c(-c4ccccc4)c4ccc1[nH]4)C=C3)C=C2. The molecule has 4 aromatic carbocycles. The number of aromatic nitrogens is 4. The zero-order chi connectivity index (χ0) is 35.3. The van der Waals surface area contributed by atoms with Gasteiger partial charge in [0, 0.05) is 73.3 Å². The number of aromatic amines is 2. The Balaban J connectivity index is 1.51. The van der Waals surface area contributed by atoms with Gasteiger partial charge in [-0.1, -0.05) is 137 Å². The normalized spacial score (nSPS) is 12.1. The molecule has 3 aromatic heterocycles. The standard InChI is InChI=1S/C44H26Br4N4/c45-27-13-7-14-28(46)41(27)43-35-21-17-31(49-35)39(25-9-3-1-4-10-25)32-18-22-36(50-32)44(42-29(47)15-8-16-30(42)48)38-24-20-34(52-38)40(26-11-5-2-6-12-26)33-19-23-37(43)51-33/h1-24,49,52H. The van der Waals surface area contributed by atoms with E-state index in [0.29, 0.717) is 0 Å². The van der Waals surface area contributed by atoms with Crippen LogP contribution in [0.25, 0.3) is 90.9 Å². The van der Waals surface area contributed by atoms with Crippen LogP contribution in [0.2, 0.25) is 0 Å². The number of hydrogen-bond acceptors (Lipinski definition) is 2. The van der Waals surface area contributed by atoms with Gasteiger partial charge in [-0.05, 0) is 84.0 Å². The van der Waals surface area contributed by atoms with Gasteiger partial charge in [-0.2, -0.15) is 0 Å². The molecule has 0 saturated carbocycles. The first-order chi connectivity index (χ1) is 25.4. The monoisotopic (exact) mass is 926 g/mol. The van der Waals surface area contributed by atoms with Crippen molar-refractivity contribution in [1.82, 2.24) is 19.9 Å². The van der Waals surface area contributed by atoms with Crippen molar-refractivity contribution in [2.24, 2.45) is 0 Å². The molecule has 8 heteroatoms. The summed E-state index contributed by atoms with van der Waals surface area (Å²) in [5.41, 5.74) is 15.3. The first-order valence-electron chi connectivity index (χ1n) is 16.6. The molecule has 0 saturated heterocycles. The molecule has 7 aromatic rings. The highest BCUT2D eigenvalue weighted by Gasteiger charge is 2.21. The number of hydrogen-bond donors (Lipinski definition) is 2. The van der Waals surface area contributed by atoms with E-state index in [4.69, 9.17) is 9.97 Å². The predicted octanol–water partition coefficient (Wildman–Crippen LogP) is 14.4. The van der Waals surface area contributed by atoms with Crippen molar-refractivity contribution in [2.75, 3.05) is 0 Å². The van der Waals surface area contributed by atoms with Crippen LogP contribution >= 0.6 is 63.7 Å². The van der Waals surface area contributed by atoms with Crippen molar-refractivity contribution in [1.29, 1.82) is 0 Å². The molecule has 0 radical (unpaired) electrons. The third-order valence-electron chi connectivity index (χ3n) is 9.30. The van der Waals surface area contributed by atoms with E-state index < -0.39 is 0 Å². The van der Waals surface area contributed by atoms with Gasteiger partial charge in [0.15, 0.2) is 0 Å². The highest BCUT2D eigenvalue weighted by atomic mass is 79.9. The fraction of sp³-hybridized carbons (Fsp3) is 0. The summed E-state index contributed by atoms with van der Waals surface area (Å²) in [4.78, 5) is 18.4. The lowest BCUT2D eigenvalue weighted by Crippen LogP contribution is -1.91. The number of nitrogens with one attached hydrogen (secondary N) is 2. The second-order valence-electron chi connectivity index (χ2n) is 12.4. The lowest BCUT2D eigenvalue weighted by Gasteiger charge is -2.10. The Hall–Kier alpha value is -4.60. The number of fused-ring (bicyclic) bond motifs is 8. The van der Waals surface area contributed by atoms with Crippen LogP contribution in [-0.2, 0) is 0 Å². The van der Waals surface area contributed by atoms with Crippen molar-refractivity contribution in [3.8, 4) is 44.5 Å². The number of benzene rings is 4. The highest BCUT2D eigenvalue weighted by Crippen LogP contribution is 2.43. The number of nitrogens with zero attached hydrogens (tertiary/aromatic N) is 2. The molecule has 4 nitrogen and oxygen atoms in total. The third kappa shape index (κ3) is 5.88. The maximum absolute atomic E-state index is 5.40. The van der Waals surface area contributed by atoms with Crippen LogP contribution in [0.3, 0.4) is 0 Å². The first kappa shape index (κ1) is 33.3. The zero-order valence-corrected chi connectivity index (χ0v) is 33.6. The lowest BCUT2D eigenvalue weighted by molar-refractivity contribution is 1.31. The Kier molecular flexibility index (Phi) is 8.79. The predicted molar refractivity (Wildman–Crippen MR) is 231 cm³/mol. The summed E-state index contributed by atoms with van der Waals surface area (Å²) in [5, 5.41) is 0. The molecule has 0 fully saturated rings. The van der Waals surface area contributed by atoms with Gasteiger partial charge in [-0.3, -0.25) is 0 Å². The minimum atomic E-state index is 0.850. The maximum Gasteiger partial charge on any atom is 0.0738 e. The van der Waals surface area contributed by atoms with Gasteiger partial charge in [0.05, 0.1) is 22.8 Å².